The molecule has 0 radical (unpaired) electrons. The van der Waals surface area contributed by atoms with Crippen LogP contribution >= 0.6 is 0 Å². The van der Waals surface area contributed by atoms with E-state index in [1.165, 1.54) is 0 Å². The summed E-state index contributed by atoms with van der Waals surface area (Å²) >= 11 is 0. The second kappa shape index (κ2) is 7.08. The van der Waals surface area contributed by atoms with Crippen LogP contribution in [0.5, 0.6) is 0 Å². The summed E-state index contributed by atoms with van der Waals surface area (Å²) in [6, 6.07) is 0. The van der Waals surface area contributed by atoms with Crippen molar-refractivity contribution in [3.63, 3.8) is 0 Å². The van der Waals surface area contributed by atoms with Gasteiger partial charge in [-0.25, -0.2) is 0 Å². The second-order valence-corrected chi connectivity index (χ2v) is 1.39. The molecular formula is C7H12O2. The molecule has 0 heterocycles. The van der Waals surface area contributed by atoms with Gasteiger partial charge in [0, 0.05) is 0 Å². The zero-order valence-electron chi connectivity index (χ0n) is 5.83. The Balaban J connectivity index is 2.91. The van der Waals surface area contributed by atoms with Gasteiger partial charge in [-0.3, -0.25) is 0 Å². The van der Waals surface area contributed by atoms with Crippen molar-refractivity contribution in [2.24, 2.45) is 0 Å². The fourth-order valence-electron chi connectivity index (χ4n) is 0.310. The predicted octanol–water partition coefficient (Wildman–Crippen LogP) is 2.04. The monoisotopic (exact) mass is 128 g/mol. The summed E-state index contributed by atoms with van der Waals surface area (Å²) < 4.78 is 9.66. The summed E-state index contributed by atoms with van der Waals surface area (Å²) in [5, 5.41) is 0. The van der Waals surface area contributed by atoms with E-state index in [-0.39, 0.29) is 6.79 Å². The third-order valence-corrected chi connectivity index (χ3v) is 0.601. The molecule has 0 bridgehead atoms. The molecule has 52 valence electrons. The molecule has 0 aromatic carbocycles. The molecule has 0 saturated carbocycles. The third kappa shape index (κ3) is 7.08. The topological polar surface area (TPSA) is 18.5 Å². The summed E-state index contributed by atoms with van der Waals surface area (Å²) in [6.45, 7) is 4.06. The van der Waals surface area contributed by atoms with Gasteiger partial charge in [-0.05, 0) is 13.8 Å². The highest BCUT2D eigenvalue weighted by atomic mass is 16.7. The Bertz CT molecular complexity index is 83.1. The SMILES string of the molecule is C/C=C/OCO/C=C/C. The lowest BCUT2D eigenvalue weighted by Crippen LogP contribution is -1.86. The van der Waals surface area contributed by atoms with Gasteiger partial charge in [0.1, 0.15) is 0 Å². The molecule has 0 aromatic heterocycles. The van der Waals surface area contributed by atoms with Crippen LogP contribution in [0.3, 0.4) is 0 Å². The Morgan fingerprint density at radius 1 is 1.00 bits per heavy atom. The predicted molar refractivity (Wildman–Crippen MR) is 36.7 cm³/mol. The van der Waals surface area contributed by atoms with E-state index in [2.05, 4.69) is 0 Å². The molecule has 0 unspecified atom stereocenters. The van der Waals surface area contributed by atoms with Gasteiger partial charge in [-0.2, -0.15) is 0 Å². The van der Waals surface area contributed by atoms with E-state index >= 15 is 0 Å². The van der Waals surface area contributed by atoms with Crippen LogP contribution in [0.4, 0.5) is 0 Å². The van der Waals surface area contributed by atoms with E-state index < -0.39 is 0 Å². The first-order valence-corrected chi connectivity index (χ1v) is 2.87. The van der Waals surface area contributed by atoms with Gasteiger partial charge in [-0.1, -0.05) is 12.2 Å². The molecule has 0 saturated heterocycles. The van der Waals surface area contributed by atoms with Crippen molar-refractivity contribution in [3.05, 3.63) is 24.7 Å². The smallest absolute Gasteiger partial charge is 0.229 e. The van der Waals surface area contributed by atoms with Gasteiger partial charge in [0.05, 0.1) is 12.5 Å². The van der Waals surface area contributed by atoms with Crippen LogP contribution in [0, 0.1) is 0 Å². The van der Waals surface area contributed by atoms with Gasteiger partial charge < -0.3 is 9.47 Å². The summed E-state index contributed by atoms with van der Waals surface area (Å²) in [6.07, 6.45) is 6.78. The second-order valence-electron chi connectivity index (χ2n) is 1.39. The van der Waals surface area contributed by atoms with Crippen molar-refractivity contribution < 1.29 is 9.47 Å². The van der Waals surface area contributed by atoms with E-state index in [1.54, 1.807) is 24.7 Å². The fourth-order valence-corrected chi connectivity index (χ4v) is 0.310. The maximum Gasteiger partial charge on any atom is 0.229 e. The zero-order valence-corrected chi connectivity index (χ0v) is 5.83. The normalized spacial score (nSPS) is 10.9. The van der Waals surface area contributed by atoms with Crippen LogP contribution < -0.4 is 0 Å². The Labute approximate surface area is 55.8 Å². The van der Waals surface area contributed by atoms with Crippen molar-refractivity contribution in [1.29, 1.82) is 0 Å². The van der Waals surface area contributed by atoms with Crippen molar-refractivity contribution in [3.8, 4) is 0 Å². The summed E-state index contributed by atoms with van der Waals surface area (Å²) in [5.74, 6) is 0. The molecule has 0 amide bonds. The first-order chi connectivity index (χ1) is 4.41. The lowest BCUT2D eigenvalue weighted by Gasteiger charge is -1.97. The van der Waals surface area contributed by atoms with Crippen LogP contribution in [0.15, 0.2) is 24.7 Å². The highest BCUT2D eigenvalue weighted by Crippen LogP contribution is 1.80. The lowest BCUT2D eigenvalue weighted by atomic mass is 10.7. The van der Waals surface area contributed by atoms with Crippen molar-refractivity contribution in [2.45, 2.75) is 13.8 Å². The quantitative estimate of drug-likeness (QED) is 0.327. The Hall–Kier alpha value is -0.920. The molecule has 0 atom stereocenters. The average molecular weight is 128 g/mol. The number of hydrogen-bond acceptors (Lipinski definition) is 2. The number of ether oxygens (including phenoxy) is 2. The highest BCUT2D eigenvalue weighted by molar-refractivity contribution is 4.66. The van der Waals surface area contributed by atoms with Gasteiger partial charge in [0.2, 0.25) is 6.79 Å². The molecule has 0 aliphatic heterocycles. The van der Waals surface area contributed by atoms with E-state index in [0.717, 1.165) is 0 Å². The van der Waals surface area contributed by atoms with Crippen LogP contribution in [-0.2, 0) is 9.47 Å². The van der Waals surface area contributed by atoms with Crippen LogP contribution in [0.25, 0.3) is 0 Å². The number of hydrogen-bond donors (Lipinski definition) is 0. The Kier molecular flexibility index (Phi) is 6.36. The van der Waals surface area contributed by atoms with Gasteiger partial charge in [0.25, 0.3) is 0 Å². The maximum absolute atomic E-state index is 4.83. The molecule has 0 N–H and O–H groups in total. The van der Waals surface area contributed by atoms with E-state index in [0.29, 0.717) is 0 Å². The summed E-state index contributed by atoms with van der Waals surface area (Å²) in [5.41, 5.74) is 0. The summed E-state index contributed by atoms with van der Waals surface area (Å²) in [7, 11) is 0. The molecule has 0 spiro atoms. The van der Waals surface area contributed by atoms with Crippen LogP contribution in [-0.4, -0.2) is 6.79 Å². The average Bonchev–Trinajstić information content (AvgIpc) is 1.89. The molecule has 0 aromatic rings. The minimum Gasteiger partial charge on any atom is -0.465 e. The first-order valence-electron chi connectivity index (χ1n) is 2.87. The minimum absolute atomic E-state index is 0.286. The molecular weight excluding hydrogens is 116 g/mol. The standard InChI is InChI=1S/C7H12O2/c1-3-5-8-7-9-6-4-2/h3-6H,7H2,1-2H3/b5-3+,6-4+. The van der Waals surface area contributed by atoms with E-state index in [1.807, 2.05) is 13.8 Å². The van der Waals surface area contributed by atoms with E-state index in [4.69, 9.17) is 9.47 Å². The molecule has 0 rings (SSSR count). The Morgan fingerprint density at radius 2 is 1.44 bits per heavy atom. The zero-order chi connectivity index (χ0) is 6.95. The van der Waals surface area contributed by atoms with Gasteiger partial charge >= 0.3 is 0 Å². The first kappa shape index (κ1) is 8.08. The number of rotatable bonds is 4. The van der Waals surface area contributed by atoms with Crippen LogP contribution in [0.1, 0.15) is 13.8 Å². The molecule has 0 aliphatic rings. The highest BCUT2D eigenvalue weighted by Gasteiger charge is 1.72. The molecule has 9 heavy (non-hydrogen) atoms. The van der Waals surface area contributed by atoms with Gasteiger partial charge in [0.15, 0.2) is 0 Å². The summed E-state index contributed by atoms with van der Waals surface area (Å²) in [4.78, 5) is 0. The minimum atomic E-state index is 0.286. The van der Waals surface area contributed by atoms with Crippen molar-refractivity contribution in [2.75, 3.05) is 6.79 Å². The molecule has 0 aliphatic carbocycles. The van der Waals surface area contributed by atoms with Crippen molar-refractivity contribution in [1.82, 2.24) is 0 Å². The maximum atomic E-state index is 4.83. The Morgan fingerprint density at radius 3 is 1.78 bits per heavy atom. The molecule has 2 heteroatoms. The number of allylic oxidation sites excluding steroid dienone is 2. The largest absolute Gasteiger partial charge is 0.465 e. The fraction of sp³-hybridized carbons (Fsp3) is 0.429. The lowest BCUT2D eigenvalue weighted by molar-refractivity contribution is 0.0449. The third-order valence-electron chi connectivity index (χ3n) is 0.601. The molecule has 0 fully saturated rings. The van der Waals surface area contributed by atoms with E-state index in [9.17, 15) is 0 Å². The van der Waals surface area contributed by atoms with Gasteiger partial charge in [-0.15, -0.1) is 0 Å². The van der Waals surface area contributed by atoms with Crippen LogP contribution in [0.2, 0.25) is 0 Å². The molecule has 2 nitrogen and oxygen atoms in total. The van der Waals surface area contributed by atoms with Crippen molar-refractivity contribution >= 4 is 0 Å².